The average molecular weight is 348 g/mol. The first-order valence-electron chi connectivity index (χ1n) is 7.17. The molecule has 0 spiro atoms. The van der Waals surface area contributed by atoms with Gasteiger partial charge in [0.25, 0.3) is 0 Å². The second-order valence-electron chi connectivity index (χ2n) is 5.64. The van der Waals surface area contributed by atoms with E-state index >= 15 is 0 Å². The number of carbonyl (C=O) groups is 1. The summed E-state index contributed by atoms with van der Waals surface area (Å²) < 4.78 is 2.91. The molecular formula is C16H18BrN3O. The van der Waals surface area contributed by atoms with E-state index in [1.165, 1.54) is 5.56 Å². The van der Waals surface area contributed by atoms with Gasteiger partial charge in [-0.15, -0.1) is 0 Å². The predicted octanol–water partition coefficient (Wildman–Crippen LogP) is 2.95. The van der Waals surface area contributed by atoms with E-state index in [-0.39, 0.29) is 17.9 Å². The van der Waals surface area contributed by atoms with Crippen molar-refractivity contribution in [3.05, 3.63) is 52.8 Å². The Morgan fingerprint density at radius 3 is 2.90 bits per heavy atom. The summed E-state index contributed by atoms with van der Waals surface area (Å²) in [6.45, 7) is 2.71. The summed E-state index contributed by atoms with van der Waals surface area (Å²) in [6, 6.07) is 10.2. The van der Waals surface area contributed by atoms with Gasteiger partial charge in [-0.05, 0) is 43.0 Å². The quantitative estimate of drug-likeness (QED) is 0.903. The molecule has 1 N–H and O–H groups in total. The monoisotopic (exact) mass is 347 g/mol. The molecule has 0 saturated heterocycles. The third kappa shape index (κ3) is 3.53. The van der Waals surface area contributed by atoms with E-state index in [9.17, 15) is 4.79 Å². The van der Waals surface area contributed by atoms with Gasteiger partial charge < -0.3 is 5.32 Å². The summed E-state index contributed by atoms with van der Waals surface area (Å²) >= 11 is 3.43. The number of aromatic nitrogens is 2. The van der Waals surface area contributed by atoms with Crippen LogP contribution in [0.25, 0.3) is 0 Å². The second-order valence-corrected chi connectivity index (χ2v) is 6.55. The largest absolute Gasteiger partial charge is 0.352 e. The van der Waals surface area contributed by atoms with Crippen LogP contribution in [0, 0.1) is 5.92 Å². The maximum Gasteiger partial charge on any atom is 0.224 e. The fourth-order valence-electron chi connectivity index (χ4n) is 2.65. The normalized spacial score (nSPS) is 21.8. The molecule has 0 aliphatic heterocycles. The molecule has 5 heteroatoms. The Morgan fingerprint density at radius 2 is 2.24 bits per heavy atom. The first-order valence-corrected chi connectivity index (χ1v) is 7.96. The lowest BCUT2D eigenvalue weighted by Gasteiger charge is -2.14. The summed E-state index contributed by atoms with van der Waals surface area (Å²) in [7, 11) is 0. The number of nitrogens with one attached hydrogen (secondary N) is 1. The minimum absolute atomic E-state index is 0.0866. The van der Waals surface area contributed by atoms with Crippen LogP contribution in [-0.4, -0.2) is 21.7 Å². The maximum atomic E-state index is 12.2. The SMILES string of the molecule is C[C@H](Cn1cccn1)NC(=O)[C@H]1C[C@@H]1c1ccc(Br)cc1. The minimum Gasteiger partial charge on any atom is -0.352 e. The van der Waals surface area contributed by atoms with E-state index in [1.54, 1.807) is 6.20 Å². The lowest BCUT2D eigenvalue weighted by atomic mass is 10.1. The number of hydrogen-bond acceptors (Lipinski definition) is 2. The van der Waals surface area contributed by atoms with Crippen LogP contribution in [0.4, 0.5) is 0 Å². The smallest absolute Gasteiger partial charge is 0.224 e. The number of rotatable bonds is 5. The molecule has 2 aromatic rings. The van der Waals surface area contributed by atoms with Gasteiger partial charge in [-0.1, -0.05) is 28.1 Å². The summed E-state index contributed by atoms with van der Waals surface area (Å²) in [4.78, 5) is 12.2. The molecule has 1 saturated carbocycles. The van der Waals surface area contributed by atoms with Gasteiger partial charge in [0.2, 0.25) is 5.91 Å². The molecule has 3 atom stereocenters. The van der Waals surface area contributed by atoms with Crippen molar-refractivity contribution in [3.63, 3.8) is 0 Å². The van der Waals surface area contributed by atoms with Crippen LogP contribution in [-0.2, 0) is 11.3 Å². The third-order valence-electron chi connectivity index (χ3n) is 3.83. The predicted molar refractivity (Wildman–Crippen MR) is 84.8 cm³/mol. The molecule has 21 heavy (non-hydrogen) atoms. The molecule has 1 fully saturated rings. The van der Waals surface area contributed by atoms with Gasteiger partial charge in [-0.3, -0.25) is 9.48 Å². The van der Waals surface area contributed by atoms with Gasteiger partial charge in [0.05, 0.1) is 6.54 Å². The molecule has 1 aliphatic rings. The van der Waals surface area contributed by atoms with E-state index in [4.69, 9.17) is 0 Å². The zero-order valence-electron chi connectivity index (χ0n) is 11.9. The van der Waals surface area contributed by atoms with Crippen LogP contribution in [0.2, 0.25) is 0 Å². The van der Waals surface area contributed by atoms with Crippen molar-refractivity contribution in [3.8, 4) is 0 Å². The van der Waals surface area contributed by atoms with E-state index in [1.807, 2.05) is 36.0 Å². The Morgan fingerprint density at radius 1 is 1.48 bits per heavy atom. The van der Waals surface area contributed by atoms with Crippen LogP contribution in [0.5, 0.6) is 0 Å². The van der Waals surface area contributed by atoms with Crippen LogP contribution >= 0.6 is 15.9 Å². The van der Waals surface area contributed by atoms with Crippen molar-refractivity contribution in [2.75, 3.05) is 0 Å². The van der Waals surface area contributed by atoms with E-state index in [0.717, 1.165) is 10.9 Å². The fourth-order valence-corrected chi connectivity index (χ4v) is 2.91. The Labute approximate surface area is 132 Å². The Hall–Kier alpha value is -1.62. The van der Waals surface area contributed by atoms with Gasteiger partial charge in [0.1, 0.15) is 0 Å². The Balaban J connectivity index is 1.52. The first-order chi connectivity index (χ1) is 10.1. The summed E-state index contributed by atoms with van der Waals surface area (Å²) in [5, 5.41) is 7.24. The second kappa shape index (κ2) is 6.02. The van der Waals surface area contributed by atoms with Crippen LogP contribution < -0.4 is 5.32 Å². The van der Waals surface area contributed by atoms with E-state index < -0.39 is 0 Å². The molecule has 1 heterocycles. The molecule has 3 rings (SSSR count). The topological polar surface area (TPSA) is 46.9 Å². The molecule has 0 unspecified atom stereocenters. The molecule has 1 aromatic carbocycles. The summed E-state index contributed by atoms with van der Waals surface area (Å²) in [5.74, 6) is 0.642. The third-order valence-corrected chi connectivity index (χ3v) is 4.36. The highest BCUT2D eigenvalue weighted by Crippen LogP contribution is 2.47. The molecule has 0 radical (unpaired) electrons. The number of amides is 1. The number of hydrogen-bond donors (Lipinski definition) is 1. The molecule has 0 bridgehead atoms. The van der Waals surface area contributed by atoms with Crippen LogP contribution in [0.3, 0.4) is 0 Å². The highest BCUT2D eigenvalue weighted by Gasteiger charge is 2.44. The highest BCUT2D eigenvalue weighted by atomic mass is 79.9. The lowest BCUT2D eigenvalue weighted by molar-refractivity contribution is -0.123. The van der Waals surface area contributed by atoms with Crippen LogP contribution in [0.1, 0.15) is 24.8 Å². The molecular weight excluding hydrogens is 330 g/mol. The van der Waals surface area contributed by atoms with Gasteiger partial charge >= 0.3 is 0 Å². The molecule has 1 amide bonds. The number of nitrogens with zero attached hydrogens (tertiary/aromatic N) is 2. The van der Waals surface area contributed by atoms with E-state index in [0.29, 0.717) is 12.5 Å². The van der Waals surface area contributed by atoms with Gasteiger partial charge in [0.15, 0.2) is 0 Å². The molecule has 110 valence electrons. The first kappa shape index (κ1) is 14.3. The summed E-state index contributed by atoms with van der Waals surface area (Å²) in [5.41, 5.74) is 1.25. The van der Waals surface area contributed by atoms with Crippen molar-refractivity contribution in [1.82, 2.24) is 15.1 Å². The van der Waals surface area contributed by atoms with Crippen molar-refractivity contribution < 1.29 is 4.79 Å². The zero-order valence-corrected chi connectivity index (χ0v) is 13.5. The van der Waals surface area contributed by atoms with E-state index in [2.05, 4.69) is 38.5 Å². The molecule has 4 nitrogen and oxygen atoms in total. The average Bonchev–Trinajstić information content (AvgIpc) is 3.10. The summed E-state index contributed by atoms with van der Waals surface area (Å²) in [6.07, 6.45) is 4.60. The van der Waals surface area contributed by atoms with Gasteiger partial charge in [-0.25, -0.2) is 0 Å². The zero-order chi connectivity index (χ0) is 14.8. The Bertz CT molecular complexity index is 609. The fraction of sp³-hybridized carbons (Fsp3) is 0.375. The van der Waals surface area contributed by atoms with Crippen molar-refractivity contribution >= 4 is 21.8 Å². The van der Waals surface area contributed by atoms with Gasteiger partial charge in [-0.2, -0.15) is 5.10 Å². The van der Waals surface area contributed by atoms with Crippen molar-refractivity contribution in [2.24, 2.45) is 5.92 Å². The number of benzene rings is 1. The Kier molecular flexibility index (Phi) is 4.10. The highest BCUT2D eigenvalue weighted by molar-refractivity contribution is 9.10. The van der Waals surface area contributed by atoms with Gasteiger partial charge in [0, 0.05) is 28.8 Å². The lowest BCUT2D eigenvalue weighted by Crippen LogP contribution is -2.37. The minimum atomic E-state index is 0.0866. The van der Waals surface area contributed by atoms with Crippen molar-refractivity contribution in [2.45, 2.75) is 31.8 Å². The number of carbonyl (C=O) groups excluding carboxylic acids is 1. The molecule has 1 aromatic heterocycles. The number of halogens is 1. The maximum absolute atomic E-state index is 12.2. The standard InChI is InChI=1S/C16H18BrN3O/c1-11(10-20-8-2-7-18-20)19-16(21)15-9-14(15)12-3-5-13(17)6-4-12/h2-8,11,14-15H,9-10H2,1H3,(H,19,21)/t11-,14-,15+/m1/s1. The van der Waals surface area contributed by atoms with Crippen molar-refractivity contribution in [1.29, 1.82) is 0 Å². The molecule has 1 aliphatic carbocycles. The van der Waals surface area contributed by atoms with Crippen LogP contribution in [0.15, 0.2) is 47.2 Å².